The molecule has 0 saturated carbocycles. The van der Waals surface area contributed by atoms with Gasteiger partial charge < -0.3 is 10.1 Å². The van der Waals surface area contributed by atoms with Gasteiger partial charge in [-0.05, 0) is 32.8 Å². The van der Waals surface area contributed by atoms with Crippen LogP contribution in [0.5, 0.6) is 0 Å². The third kappa shape index (κ3) is 5.14. The topological polar surface area (TPSA) is 98.5 Å². The van der Waals surface area contributed by atoms with E-state index in [1.165, 1.54) is 0 Å². The fourth-order valence-electron chi connectivity index (χ4n) is 2.55. The van der Waals surface area contributed by atoms with Crippen molar-refractivity contribution in [1.29, 1.82) is 0 Å². The van der Waals surface area contributed by atoms with Crippen LogP contribution < -0.4 is 5.32 Å². The molecule has 1 N–H and O–H groups in total. The minimum absolute atomic E-state index is 0.0737. The molecule has 0 aliphatic carbocycles. The first-order chi connectivity index (χ1) is 12.6. The normalized spacial score (nSPS) is 11.6. The van der Waals surface area contributed by atoms with Gasteiger partial charge in [-0.3, -0.25) is 9.59 Å². The zero-order valence-electron chi connectivity index (χ0n) is 15.2. The van der Waals surface area contributed by atoms with Crippen LogP contribution >= 0.6 is 0 Å². The average Bonchev–Trinajstić information content (AvgIpc) is 2.99. The number of hydrogen-bond acceptors (Lipinski definition) is 6. The molecule has 8 nitrogen and oxygen atoms in total. The number of aromatic nitrogens is 4. The molecular weight excluding hydrogens is 367 g/mol. The van der Waals surface area contributed by atoms with E-state index < -0.39 is 18.0 Å². The fraction of sp³-hybridized carbons (Fsp3) is 0.562. The third-order valence-corrected chi connectivity index (χ3v) is 3.86. The van der Waals surface area contributed by atoms with E-state index in [4.69, 9.17) is 4.74 Å². The molecule has 27 heavy (non-hydrogen) atoms. The lowest BCUT2D eigenvalue weighted by Gasteiger charge is -2.10. The number of esters is 1. The standard InChI is InChI=1S/C16H20F3N5O3/c1-4-27-13(26)7-8-20-12(25)6-5-11-9(2)21-15-22-14(16(17,18)19)23-24(15)10(11)3/h4-8H2,1-3H3,(H,20,25). The predicted octanol–water partition coefficient (Wildman–Crippen LogP) is 1.76. The Morgan fingerprint density at radius 2 is 1.89 bits per heavy atom. The molecular formula is C16H20F3N5O3. The van der Waals surface area contributed by atoms with Gasteiger partial charge in [0.15, 0.2) is 0 Å². The fourth-order valence-corrected chi connectivity index (χ4v) is 2.55. The Morgan fingerprint density at radius 1 is 1.19 bits per heavy atom. The first-order valence-corrected chi connectivity index (χ1v) is 8.35. The lowest BCUT2D eigenvalue weighted by Crippen LogP contribution is -2.27. The highest BCUT2D eigenvalue weighted by atomic mass is 19.4. The number of rotatable bonds is 7. The lowest BCUT2D eigenvalue weighted by molar-refractivity contribution is -0.145. The summed E-state index contributed by atoms with van der Waals surface area (Å²) in [6, 6.07) is 0. The minimum atomic E-state index is -4.66. The summed E-state index contributed by atoms with van der Waals surface area (Å²) >= 11 is 0. The van der Waals surface area contributed by atoms with E-state index in [2.05, 4.69) is 20.4 Å². The van der Waals surface area contributed by atoms with E-state index in [9.17, 15) is 22.8 Å². The van der Waals surface area contributed by atoms with Gasteiger partial charge in [0.1, 0.15) is 0 Å². The van der Waals surface area contributed by atoms with Crippen LogP contribution in [0.25, 0.3) is 5.78 Å². The van der Waals surface area contributed by atoms with Crippen molar-refractivity contribution in [3.8, 4) is 0 Å². The second-order valence-electron chi connectivity index (χ2n) is 5.81. The summed E-state index contributed by atoms with van der Waals surface area (Å²) in [4.78, 5) is 30.6. The zero-order valence-corrected chi connectivity index (χ0v) is 15.2. The monoisotopic (exact) mass is 387 g/mol. The number of carbonyl (C=O) groups is 2. The number of amides is 1. The number of alkyl halides is 3. The molecule has 0 bridgehead atoms. The maximum absolute atomic E-state index is 12.8. The summed E-state index contributed by atoms with van der Waals surface area (Å²) in [7, 11) is 0. The van der Waals surface area contributed by atoms with Crippen molar-refractivity contribution in [3.05, 3.63) is 22.8 Å². The molecule has 0 fully saturated rings. The Kier molecular flexibility index (Phi) is 6.34. The van der Waals surface area contributed by atoms with Gasteiger partial charge in [0.05, 0.1) is 13.0 Å². The Labute approximate surface area is 153 Å². The van der Waals surface area contributed by atoms with Crippen LogP contribution in [0.4, 0.5) is 13.2 Å². The van der Waals surface area contributed by atoms with Gasteiger partial charge in [-0.25, -0.2) is 9.50 Å². The lowest BCUT2D eigenvalue weighted by atomic mass is 10.1. The van der Waals surface area contributed by atoms with E-state index in [0.29, 0.717) is 17.0 Å². The maximum Gasteiger partial charge on any atom is 0.453 e. The molecule has 1 amide bonds. The number of nitrogens with one attached hydrogen (secondary N) is 1. The first kappa shape index (κ1) is 20.6. The van der Waals surface area contributed by atoms with Crippen molar-refractivity contribution < 1.29 is 27.5 Å². The molecule has 0 aromatic carbocycles. The summed E-state index contributed by atoms with van der Waals surface area (Å²) in [6.45, 7) is 5.37. The molecule has 0 unspecified atom stereocenters. The van der Waals surface area contributed by atoms with Crippen LogP contribution in [0, 0.1) is 13.8 Å². The van der Waals surface area contributed by atoms with Gasteiger partial charge in [-0.15, -0.1) is 5.10 Å². The van der Waals surface area contributed by atoms with Crippen LogP contribution in [0.1, 0.15) is 42.5 Å². The second kappa shape index (κ2) is 8.31. The van der Waals surface area contributed by atoms with E-state index in [1.54, 1.807) is 20.8 Å². The molecule has 2 aromatic rings. The summed E-state index contributed by atoms with van der Waals surface area (Å²) in [5, 5.41) is 6.06. The van der Waals surface area contributed by atoms with Gasteiger partial charge >= 0.3 is 12.1 Å². The van der Waals surface area contributed by atoms with Crippen molar-refractivity contribution in [2.45, 2.75) is 46.2 Å². The van der Waals surface area contributed by atoms with E-state index in [0.717, 1.165) is 4.52 Å². The quantitative estimate of drug-likeness (QED) is 0.727. The number of hydrogen-bond donors (Lipinski definition) is 1. The van der Waals surface area contributed by atoms with Gasteiger partial charge in [0.25, 0.3) is 11.6 Å². The highest BCUT2D eigenvalue weighted by Gasteiger charge is 2.36. The number of ether oxygens (including phenoxy) is 1. The molecule has 0 aliphatic heterocycles. The largest absolute Gasteiger partial charge is 0.466 e. The average molecular weight is 387 g/mol. The number of fused-ring (bicyclic) bond motifs is 1. The van der Waals surface area contributed by atoms with Crippen molar-refractivity contribution in [2.75, 3.05) is 13.2 Å². The Morgan fingerprint density at radius 3 is 2.52 bits per heavy atom. The number of aryl methyl sites for hydroxylation is 2. The van der Waals surface area contributed by atoms with Crippen molar-refractivity contribution in [2.24, 2.45) is 0 Å². The highest BCUT2D eigenvalue weighted by molar-refractivity contribution is 5.77. The van der Waals surface area contributed by atoms with E-state index in [1.807, 2.05) is 0 Å². The molecule has 0 atom stereocenters. The molecule has 0 spiro atoms. The Balaban J connectivity index is 2.04. The van der Waals surface area contributed by atoms with E-state index in [-0.39, 0.29) is 44.1 Å². The zero-order chi connectivity index (χ0) is 20.2. The molecule has 0 radical (unpaired) electrons. The number of nitrogens with zero attached hydrogens (tertiary/aromatic N) is 4. The second-order valence-corrected chi connectivity index (χ2v) is 5.81. The first-order valence-electron chi connectivity index (χ1n) is 8.35. The van der Waals surface area contributed by atoms with Crippen molar-refractivity contribution in [1.82, 2.24) is 24.9 Å². The molecule has 2 heterocycles. The Hall–Kier alpha value is -2.72. The molecule has 148 valence electrons. The highest BCUT2D eigenvalue weighted by Crippen LogP contribution is 2.27. The third-order valence-electron chi connectivity index (χ3n) is 3.86. The van der Waals surface area contributed by atoms with Crippen molar-refractivity contribution >= 4 is 17.7 Å². The number of halogens is 3. The predicted molar refractivity (Wildman–Crippen MR) is 87.8 cm³/mol. The Bertz CT molecular complexity index is 848. The minimum Gasteiger partial charge on any atom is -0.466 e. The molecule has 2 rings (SSSR count). The summed E-state index contributed by atoms with van der Waals surface area (Å²) in [5.41, 5.74) is 1.56. The van der Waals surface area contributed by atoms with Crippen LogP contribution in [-0.2, 0) is 26.9 Å². The van der Waals surface area contributed by atoms with Crippen LogP contribution in [0.15, 0.2) is 0 Å². The van der Waals surface area contributed by atoms with Gasteiger partial charge in [0.2, 0.25) is 5.91 Å². The molecule has 2 aromatic heterocycles. The maximum atomic E-state index is 12.8. The van der Waals surface area contributed by atoms with Crippen LogP contribution in [-0.4, -0.2) is 44.6 Å². The van der Waals surface area contributed by atoms with Gasteiger partial charge in [0, 0.05) is 24.4 Å². The molecule has 11 heteroatoms. The SMILES string of the molecule is CCOC(=O)CCNC(=O)CCc1c(C)nc2nc(C(F)(F)F)nn2c1C. The molecule has 0 saturated heterocycles. The summed E-state index contributed by atoms with van der Waals surface area (Å²) in [6.07, 6.45) is -4.22. The molecule has 0 aliphatic rings. The van der Waals surface area contributed by atoms with Crippen LogP contribution in [0.3, 0.4) is 0 Å². The van der Waals surface area contributed by atoms with Gasteiger partial charge in [-0.1, -0.05) is 0 Å². The van der Waals surface area contributed by atoms with E-state index >= 15 is 0 Å². The smallest absolute Gasteiger partial charge is 0.453 e. The van der Waals surface area contributed by atoms with Crippen molar-refractivity contribution in [3.63, 3.8) is 0 Å². The van der Waals surface area contributed by atoms with Crippen LogP contribution in [0.2, 0.25) is 0 Å². The number of carbonyl (C=O) groups excluding carboxylic acids is 2. The summed E-state index contributed by atoms with van der Waals surface area (Å²) in [5.74, 6) is -2.08. The summed E-state index contributed by atoms with van der Waals surface area (Å²) < 4.78 is 44.1. The van der Waals surface area contributed by atoms with Gasteiger partial charge in [-0.2, -0.15) is 18.2 Å².